The first kappa shape index (κ1) is 17.3. The Morgan fingerprint density at radius 2 is 1.89 bits per heavy atom. The fourth-order valence-electron chi connectivity index (χ4n) is 3.24. The summed E-state index contributed by atoms with van der Waals surface area (Å²) in [6, 6.07) is 7.66. The molecule has 8 heteroatoms. The third-order valence-corrected chi connectivity index (χ3v) is 4.85. The summed E-state index contributed by atoms with van der Waals surface area (Å²) in [4.78, 5) is 16.9. The smallest absolute Gasteiger partial charge is 0.237 e. The maximum Gasteiger partial charge on any atom is 0.237 e. The van der Waals surface area contributed by atoms with Gasteiger partial charge in [0, 0.05) is 24.5 Å². The lowest BCUT2D eigenvalue weighted by molar-refractivity contribution is -0.124. The van der Waals surface area contributed by atoms with Crippen LogP contribution in [0.2, 0.25) is 0 Å². The molecule has 0 radical (unpaired) electrons. The largest absolute Gasteiger partial charge is 0.308 e. The molecule has 0 spiro atoms. The topological polar surface area (TPSA) is 59.8 Å². The maximum atomic E-state index is 14.2. The lowest BCUT2D eigenvalue weighted by atomic mass is 9.65. The molecular weight excluding hydrogens is 357 g/mol. The van der Waals surface area contributed by atoms with Crippen molar-refractivity contribution < 1.29 is 18.0 Å². The number of rotatable bonds is 4. The van der Waals surface area contributed by atoms with E-state index in [9.17, 15) is 18.0 Å². The van der Waals surface area contributed by atoms with Crippen molar-refractivity contribution in [1.29, 1.82) is 0 Å². The number of anilines is 1. The molecule has 1 aliphatic carbocycles. The van der Waals surface area contributed by atoms with Crippen LogP contribution in [0.3, 0.4) is 0 Å². The van der Waals surface area contributed by atoms with Crippen molar-refractivity contribution >= 4 is 11.7 Å². The second-order valence-electron chi connectivity index (χ2n) is 6.47. The standard InChI is InChI=1S/C19H15F3N4O/c20-13-5-4-12(11-15(13)22)26-10-6-16(25-26)24-18(27)19(7-2-8-19)17-14(21)3-1-9-23-17/h1,3-6,9-11H,2,7-8H2,(H,24,25,27). The first-order valence-corrected chi connectivity index (χ1v) is 8.43. The van der Waals surface area contributed by atoms with Crippen LogP contribution in [-0.2, 0) is 10.2 Å². The SMILES string of the molecule is O=C(Nc1ccn(-c2ccc(F)c(F)c2)n1)C1(c2ncccc2F)CCC1. The van der Waals surface area contributed by atoms with Crippen molar-refractivity contribution in [2.75, 3.05) is 5.32 Å². The third kappa shape index (κ3) is 2.97. The molecule has 2 heterocycles. The van der Waals surface area contributed by atoms with Crippen LogP contribution < -0.4 is 5.32 Å². The molecule has 1 amide bonds. The predicted molar refractivity (Wildman–Crippen MR) is 91.8 cm³/mol. The Kier molecular flexibility index (Phi) is 4.18. The average molecular weight is 372 g/mol. The van der Waals surface area contributed by atoms with Crippen LogP contribution in [0.4, 0.5) is 19.0 Å². The van der Waals surface area contributed by atoms with Crippen LogP contribution in [0.25, 0.3) is 5.69 Å². The zero-order valence-corrected chi connectivity index (χ0v) is 14.1. The number of nitrogens with zero attached hydrogens (tertiary/aromatic N) is 3. The minimum Gasteiger partial charge on any atom is -0.308 e. The zero-order valence-electron chi connectivity index (χ0n) is 14.1. The van der Waals surface area contributed by atoms with Gasteiger partial charge in [-0.15, -0.1) is 0 Å². The van der Waals surface area contributed by atoms with Crippen molar-refractivity contribution in [3.05, 3.63) is 71.9 Å². The quantitative estimate of drug-likeness (QED) is 0.759. The molecule has 1 aliphatic rings. The van der Waals surface area contributed by atoms with E-state index >= 15 is 0 Å². The van der Waals surface area contributed by atoms with E-state index < -0.39 is 22.9 Å². The van der Waals surface area contributed by atoms with Crippen molar-refractivity contribution in [3.63, 3.8) is 0 Å². The molecule has 0 atom stereocenters. The number of halogens is 3. The molecule has 1 N–H and O–H groups in total. The van der Waals surface area contributed by atoms with Gasteiger partial charge in [0.2, 0.25) is 5.91 Å². The van der Waals surface area contributed by atoms with Crippen molar-refractivity contribution in [3.8, 4) is 5.69 Å². The summed E-state index contributed by atoms with van der Waals surface area (Å²) in [6.45, 7) is 0. The van der Waals surface area contributed by atoms with Crippen molar-refractivity contribution in [2.45, 2.75) is 24.7 Å². The van der Waals surface area contributed by atoms with Gasteiger partial charge in [-0.3, -0.25) is 9.78 Å². The summed E-state index contributed by atoms with van der Waals surface area (Å²) in [6.07, 6.45) is 4.76. The molecule has 1 saturated carbocycles. The third-order valence-electron chi connectivity index (χ3n) is 4.85. The lowest BCUT2D eigenvalue weighted by Crippen LogP contribution is -2.47. The monoisotopic (exact) mass is 372 g/mol. The van der Waals surface area contributed by atoms with Crippen LogP contribution in [0.5, 0.6) is 0 Å². The minimum absolute atomic E-state index is 0.133. The van der Waals surface area contributed by atoms with Gasteiger partial charge in [-0.2, -0.15) is 5.10 Å². The highest BCUT2D eigenvalue weighted by molar-refractivity contribution is 5.99. The number of aromatic nitrogens is 3. The number of nitrogens with one attached hydrogen (secondary N) is 1. The molecule has 1 aromatic carbocycles. The van der Waals surface area contributed by atoms with E-state index in [4.69, 9.17) is 0 Å². The Hall–Kier alpha value is -3.16. The normalized spacial score (nSPS) is 15.2. The number of carbonyl (C=O) groups excluding carboxylic acids is 1. The van der Waals surface area contributed by atoms with E-state index in [0.717, 1.165) is 18.6 Å². The minimum atomic E-state index is -1.02. The molecule has 1 fully saturated rings. The summed E-state index contributed by atoms with van der Waals surface area (Å²) < 4.78 is 41.9. The number of hydrogen-bond donors (Lipinski definition) is 1. The Balaban J connectivity index is 1.57. The van der Waals surface area contributed by atoms with Gasteiger partial charge in [0.15, 0.2) is 17.5 Å². The van der Waals surface area contributed by atoms with E-state index in [1.54, 1.807) is 0 Å². The maximum absolute atomic E-state index is 14.2. The van der Waals surface area contributed by atoms with Crippen LogP contribution in [-0.4, -0.2) is 20.7 Å². The Morgan fingerprint density at radius 1 is 1.07 bits per heavy atom. The van der Waals surface area contributed by atoms with Gasteiger partial charge in [0.1, 0.15) is 5.82 Å². The molecule has 2 aromatic heterocycles. The highest BCUT2D eigenvalue weighted by atomic mass is 19.2. The van der Waals surface area contributed by atoms with Gasteiger partial charge in [-0.1, -0.05) is 6.42 Å². The molecule has 4 rings (SSSR count). The van der Waals surface area contributed by atoms with Gasteiger partial charge >= 0.3 is 0 Å². The first-order valence-electron chi connectivity index (χ1n) is 8.43. The first-order chi connectivity index (χ1) is 13.0. The van der Waals surface area contributed by atoms with Gasteiger partial charge in [-0.05, 0) is 37.1 Å². The van der Waals surface area contributed by atoms with E-state index in [0.29, 0.717) is 18.5 Å². The molecule has 0 aliphatic heterocycles. The lowest BCUT2D eigenvalue weighted by Gasteiger charge is -2.39. The van der Waals surface area contributed by atoms with Gasteiger partial charge in [0.05, 0.1) is 16.8 Å². The van der Waals surface area contributed by atoms with Crippen LogP contribution in [0.1, 0.15) is 25.0 Å². The molecule has 5 nitrogen and oxygen atoms in total. The van der Waals surface area contributed by atoms with Crippen molar-refractivity contribution in [2.24, 2.45) is 0 Å². The summed E-state index contributed by atoms with van der Waals surface area (Å²) in [5, 5.41) is 6.84. The van der Waals surface area contributed by atoms with Crippen LogP contribution >= 0.6 is 0 Å². The average Bonchev–Trinajstić information content (AvgIpc) is 3.06. The summed E-state index contributed by atoms with van der Waals surface area (Å²) in [5.41, 5.74) is -0.575. The van der Waals surface area contributed by atoms with Gasteiger partial charge in [0.25, 0.3) is 0 Å². The van der Waals surface area contributed by atoms with Gasteiger partial charge in [-0.25, -0.2) is 17.9 Å². The number of benzene rings is 1. The van der Waals surface area contributed by atoms with E-state index in [2.05, 4.69) is 15.4 Å². The fourth-order valence-corrected chi connectivity index (χ4v) is 3.24. The molecule has 27 heavy (non-hydrogen) atoms. The predicted octanol–water partition coefficient (Wildman–Crippen LogP) is 3.75. The highest BCUT2D eigenvalue weighted by Crippen LogP contribution is 2.44. The number of pyridine rings is 1. The zero-order chi connectivity index (χ0) is 19.0. The van der Waals surface area contributed by atoms with E-state index in [-0.39, 0.29) is 17.4 Å². The molecule has 138 valence electrons. The molecular formula is C19H15F3N4O. The highest BCUT2D eigenvalue weighted by Gasteiger charge is 2.48. The Labute approximate surface area is 152 Å². The Morgan fingerprint density at radius 3 is 2.56 bits per heavy atom. The van der Waals surface area contributed by atoms with Crippen LogP contribution in [0.15, 0.2) is 48.8 Å². The number of amides is 1. The molecule has 3 aromatic rings. The number of carbonyl (C=O) groups is 1. The fraction of sp³-hybridized carbons (Fsp3) is 0.211. The van der Waals surface area contributed by atoms with Crippen LogP contribution in [0, 0.1) is 17.5 Å². The molecule has 0 saturated heterocycles. The second-order valence-corrected chi connectivity index (χ2v) is 6.47. The Bertz CT molecular complexity index is 1010. The summed E-state index contributed by atoms with van der Waals surface area (Å²) in [7, 11) is 0. The summed E-state index contributed by atoms with van der Waals surface area (Å²) in [5.74, 6) is -2.62. The van der Waals surface area contributed by atoms with Gasteiger partial charge < -0.3 is 5.32 Å². The van der Waals surface area contributed by atoms with Crippen molar-refractivity contribution in [1.82, 2.24) is 14.8 Å². The van der Waals surface area contributed by atoms with E-state index in [1.807, 2.05) is 0 Å². The number of hydrogen-bond acceptors (Lipinski definition) is 3. The summed E-state index contributed by atoms with van der Waals surface area (Å²) >= 11 is 0. The molecule has 0 unspecified atom stereocenters. The van der Waals surface area contributed by atoms with E-state index in [1.165, 1.54) is 41.3 Å². The molecule has 0 bridgehead atoms. The second kappa shape index (κ2) is 6.53.